The van der Waals surface area contributed by atoms with Gasteiger partial charge in [-0.15, -0.1) is 24.0 Å². The molecule has 0 saturated carbocycles. The Bertz CT molecular complexity index is 838. The normalized spacial score (nSPS) is 16.9. The molecule has 0 spiro atoms. The molecule has 0 aliphatic carbocycles. The molecule has 8 nitrogen and oxygen atoms in total. The second-order valence-electron chi connectivity index (χ2n) is 6.80. The Morgan fingerprint density at radius 1 is 1.41 bits per heavy atom. The van der Waals surface area contributed by atoms with Crippen LogP contribution in [-0.2, 0) is 23.1 Å². The van der Waals surface area contributed by atoms with E-state index in [4.69, 9.17) is 9.73 Å². The summed E-state index contributed by atoms with van der Waals surface area (Å²) in [7, 11) is 1.91. The molecule has 2 aromatic rings. The molecule has 1 amide bonds. The number of halogens is 1. The van der Waals surface area contributed by atoms with Crippen LogP contribution in [0.2, 0.25) is 0 Å². The van der Waals surface area contributed by atoms with Crippen molar-refractivity contribution < 1.29 is 9.53 Å². The highest BCUT2D eigenvalue weighted by molar-refractivity contribution is 14.0. The van der Waals surface area contributed by atoms with Gasteiger partial charge < -0.3 is 20.3 Å². The maximum atomic E-state index is 11.3. The summed E-state index contributed by atoms with van der Waals surface area (Å²) in [5.41, 5.74) is 2.90. The van der Waals surface area contributed by atoms with Gasteiger partial charge >= 0.3 is 0 Å². The van der Waals surface area contributed by atoms with Gasteiger partial charge in [-0.1, -0.05) is 12.1 Å². The SMILES string of the molecule is CCNC(=NCc1cccc(NC(C)=O)c1)N1CCOC(c2cnn(C)c2)C1.I. The van der Waals surface area contributed by atoms with Crippen molar-refractivity contribution in [2.45, 2.75) is 26.5 Å². The highest BCUT2D eigenvalue weighted by atomic mass is 127. The minimum Gasteiger partial charge on any atom is -0.370 e. The molecule has 0 bridgehead atoms. The smallest absolute Gasteiger partial charge is 0.221 e. The molecular formula is C20H29IN6O2. The average Bonchev–Trinajstić information content (AvgIpc) is 3.11. The number of aliphatic imine (C=N–C) groups is 1. The first-order valence-electron chi connectivity index (χ1n) is 9.55. The Labute approximate surface area is 188 Å². The molecule has 1 atom stereocenters. The minimum atomic E-state index is -0.0799. The summed E-state index contributed by atoms with van der Waals surface area (Å²) >= 11 is 0. The fourth-order valence-electron chi connectivity index (χ4n) is 3.19. The van der Waals surface area contributed by atoms with Gasteiger partial charge in [-0.2, -0.15) is 5.10 Å². The van der Waals surface area contributed by atoms with E-state index in [1.807, 2.05) is 43.7 Å². The predicted octanol–water partition coefficient (Wildman–Crippen LogP) is 2.54. The Balaban J connectivity index is 0.00000300. The van der Waals surface area contributed by atoms with Gasteiger partial charge in [-0.3, -0.25) is 9.48 Å². The first-order chi connectivity index (χ1) is 13.5. The predicted molar refractivity (Wildman–Crippen MR) is 124 cm³/mol. The van der Waals surface area contributed by atoms with Crippen molar-refractivity contribution in [2.75, 3.05) is 31.6 Å². The van der Waals surface area contributed by atoms with E-state index in [0.717, 1.165) is 42.4 Å². The lowest BCUT2D eigenvalue weighted by Crippen LogP contribution is -2.48. The van der Waals surface area contributed by atoms with Crippen LogP contribution in [-0.4, -0.2) is 52.8 Å². The van der Waals surface area contributed by atoms with Crippen LogP contribution in [0.15, 0.2) is 41.7 Å². The molecule has 1 fully saturated rings. The van der Waals surface area contributed by atoms with Crippen molar-refractivity contribution >= 4 is 41.5 Å². The zero-order valence-corrected chi connectivity index (χ0v) is 19.4. The Hall–Kier alpha value is -2.14. The van der Waals surface area contributed by atoms with E-state index in [1.54, 1.807) is 4.68 Å². The molecule has 3 rings (SSSR count). The summed E-state index contributed by atoms with van der Waals surface area (Å²) in [6.07, 6.45) is 3.83. The number of amides is 1. The van der Waals surface area contributed by atoms with Gasteiger partial charge in [0.05, 0.1) is 25.9 Å². The van der Waals surface area contributed by atoms with E-state index >= 15 is 0 Å². The largest absolute Gasteiger partial charge is 0.370 e. The number of hydrogen-bond acceptors (Lipinski definition) is 4. The summed E-state index contributed by atoms with van der Waals surface area (Å²) in [4.78, 5) is 18.3. The standard InChI is InChI=1S/C20H28N6O2.HI/c1-4-21-20(22-11-16-6-5-7-18(10-16)24-15(2)27)26-8-9-28-19(14-26)17-12-23-25(3)13-17;/h5-7,10,12-13,19H,4,8-9,11,14H2,1-3H3,(H,21,22)(H,24,27);1H. The third-order valence-corrected chi connectivity index (χ3v) is 4.46. The number of carbonyl (C=O) groups is 1. The van der Waals surface area contributed by atoms with E-state index in [9.17, 15) is 4.79 Å². The van der Waals surface area contributed by atoms with Crippen LogP contribution >= 0.6 is 24.0 Å². The summed E-state index contributed by atoms with van der Waals surface area (Å²) in [5, 5.41) is 10.4. The number of nitrogens with zero attached hydrogens (tertiary/aromatic N) is 4. The molecule has 29 heavy (non-hydrogen) atoms. The van der Waals surface area contributed by atoms with Gasteiger partial charge in [0.2, 0.25) is 5.91 Å². The number of benzene rings is 1. The number of aromatic nitrogens is 2. The zero-order chi connectivity index (χ0) is 19.9. The quantitative estimate of drug-likeness (QED) is 0.366. The zero-order valence-electron chi connectivity index (χ0n) is 17.1. The number of rotatable bonds is 5. The molecule has 1 aromatic carbocycles. The van der Waals surface area contributed by atoms with Crippen molar-refractivity contribution in [1.82, 2.24) is 20.0 Å². The molecule has 1 aromatic heterocycles. The fourth-order valence-corrected chi connectivity index (χ4v) is 3.19. The third-order valence-electron chi connectivity index (χ3n) is 4.46. The van der Waals surface area contributed by atoms with Gasteiger partial charge in [0.25, 0.3) is 0 Å². The molecule has 9 heteroatoms. The molecule has 0 radical (unpaired) electrons. The topological polar surface area (TPSA) is 83.8 Å². The van der Waals surface area contributed by atoms with Crippen molar-refractivity contribution in [3.8, 4) is 0 Å². The highest BCUT2D eigenvalue weighted by Gasteiger charge is 2.25. The number of guanidine groups is 1. The lowest BCUT2D eigenvalue weighted by Gasteiger charge is -2.34. The van der Waals surface area contributed by atoms with Gasteiger partial charge in [0, 0.05) is 44.5 Å². The fraction of sp³-hybridized carbons (Fsp3) is 0.450. The van der Waals surface area contributed by atoms with Crippen LogP contribution in [0.1, 0.15) is 31.1 Å². The van der Waals surface area contributed by atoms with Gasteiger partial charge in [-0.05, 0) is 24.6 Å². The molecule has 2 N–H and O–H groups in total. The monoisotopic (exact) mass is 512 g/mol. The molecule has 1 saturated heterocycles. The Morgan fingerprint density at radius 3 is 2.93 bits per heavy atom. The van der Waals surface area contributed by atoms with Crippen LogP contribution in [0.5, 0.6) is 0 Å². The summed E-state index contributed by atoms with van der Waals surface area (Å²) in [5.74, 6) is 0.786. The number of morpholine rings is 1. The van der Waals surface area contributed by atoms with Crippen LogP contribution < -0.4 is 10.6 Å². The van der Waals surface area contributed by atoms with E-state index in [-0.39, 0.29) is 36.0 Å². The lowest BCUT2D eigenvalue weighted by atomic mass is 10.1. The van der Waals surface area contributed by atoms with E-state index in [1.165, 1.54) is 6.92 Å². The number of carbonyl (C=O) groups excluding carboxylic acids is 1. The van der Waals surface area contributed by atoms with Crippen LogP contribution in [0.25, 0.3) is 0 Å². The molecule has 1 aliphatic rings. The maximum Gasteiger partial charge on any atom is 0.221 e. The second-order valence-corrected chi connectivity index (χ2v) is 6.80. The van der Waals surface area contributed by atoms with Crippen molar-refractivity contribution in [3.05, 3.63) is 47.8 Å². The van der Waals surface area contributed by atoms with E-state index in [0.29, 0.717) is 13.2 Å². The van der Waals surface area contributed by atoms with Gasteiger partial charge in [0.1, 0.15) is 6.10 Å². The highest BCUT2D eigenvalue weighted by Crippen LogP contribution is 2.22. The van der Waals surface area contributed by atoms with E-state index < -0.39 is 0 Å². The van der Waals surface area contributed by atoms with Gasteiger partial charge in [0.15, 0.2) is 5.96 Å². The molecule has 1 aliphatic heterocycles. The van der Waals surface area contributed by atoms with Crippen LogP contribution in [0, 0.1) is 0 Å². The lowest BCUT2D eigenvalue weighted by molar-refractivity contribution is -0.114. The van der Waals surface area contributed by atoms with Crippen molar-refractivity contribution in [3.63, 3.8) is 0 Å². The number of nitrogens with one attached hydrogen (secondary N) is 2. The van der Waals surface area contributed by atoms with Gasteiger partial charge in [-0.25, -0.2) is 4.99 Å². The van der Waals surface area contributed by atoms with Crippen molar-refractivity contribution in [1.29, 1.82) is 0 Å². The maximum absolute atomic E-state index is 11.3. The first-order valence-corrected chi connectivity index (χ1v) is 9.55. The van der Waals surface area contributed by atoms with Crippen molar-refractivity contribution in [2.24, 2.45) is 12.0 Å². The number of hydrogen-bond donors (Lipinski definition) is 2. The van der Waals surface area contributed by atoms with Crippen LogP contribution in [0.3, 0.4) is 0 Å². The summed E-state index contributed by atoms with van der Waals surface area (Å²) in [6, 6.07) is 7.76. The molecular weight excluding hydrogens is 483 g/mol. The van der Waals surface area contributed by atoms with E-state index in [2.05, 4.69) is 27.6 Å². The Kier molecular flexibility index (Phi) is 8.90. The first kappa shape index (κ1) is 23.1. The number of anilines is 1. The molecule has 158 valence electrons. The number of ether oxygens (including phenoxy) is 1. The molecule has 1 unspecified atom stereocenters. The average molecular weight is 512 g/mol. The third kappa shape index (κ3) is 6.70. The number of aryl methyl sites for hydroxylation is 1. The second kappa shape index (κ2) is 11.1. The Morgan fingerprint density at radius 2 is 2.24 bits per heavy atom. The summed E-state index contributed by atoms with van der Waals surface area (Å²) in [6.45, 7) is 7.04. The minimum absolute atomic E-state index is 0. The van der Waals surface area contributed by atoms with Crippen LogP contribution in [0.4, 0.5) is 5.69 Å². The summed E-state index contributed by atoms with van der Waals surface area (Å²) < 4.78 is 7.72. The molecule has 2 heterocycles.